The first-order valence-electron chi connectivity index (χ1n) is 6.30. The maximum Gasteiger partial charge on any atom is 0.263 e. The van der Waals surface area contributed by atoms with Gasteiger partial charge in [0.25, 0.3) is 5.91 Å². The van der Waals surface area contributed by atoms with Crippen molar-refractivity contribution < 1.29 is 19.0 Å². The van der Waals surface area contributed by atoms with E-state index in [1.807, 2.05) is 0 Å². The number of halogens is 1. The number of aliphatic hydroxyl groups excluding tert-OH is 1. The maximum atomic E-state index is 12.8. The zero-order chi connectivity index (χ0) is 14.0. The monoisotopic (exact) mass is 267 g/mol. The number of hydrogen-bond acceptors (Lipinski definition) is 3. The Labute approximate surface area is 111 Å². The van der Waals surface area contributed by atoms with Crippen LogP contribution >= 0.6 is 0 Å². The summed E-state index contributed by atoms with van der Waals surface area (Å²) >= 11 is 0. The highest BCUT2D eigenvalue weighted by atomic mass is 19.1. The Morgan fingerprint density at radius 3 is 2.47 bits per heavy atom. The second-order valence-corrected chi connectivity index (χ2v) is 5.36. The fourth-order valence-electron chi connectivity index (χ4n) is 1.91. The number of ether oxygens (including phenoxy) is 1. The van der Waals surface area contributed by atoms with Crippen LogP contribution in [0.25, 0.3) is 0 Å². The Kier molecular flexibility index (Phi) is 3.75. The van der Waals surface area contributed by atoms with E-state index in [0.29, 0.717) is 18.6 Å². The van der Waals surface area contributed by atoms with Gasteiger partial charge in [-0.25, -0.2) is 4.39 Å². The van der Waals surface area contributed by atoms with E-state index in [9.17, 15) is 14.3 Å². The van der Waals surface area contributed by atoms with Crippen LogP contribution in [0.3, 0.4) is 0 Å². The summed E-state index contributed by atoms with van der Waals surface area (Å²) in [5, 5.41) is 12.0. The van der Waals surface area contributed by atoms with Gasteiger partial charge in [-0.15, -0.1) is 0 Å². The number of carbonyl (C=O) groups excluding carboxylic acids is 1. The Morgan fingerprint density at radius 1 is 1.37 bits per heavy atom. The number of aliphatic hydroxyl groups is 1. The maximum absolute atomic E-state index is 12.8. The Hall–Kier alpha value is -1.62. The van der Waals surface area contributed by atoms with Crippen molar-refractivity contribution in [2.75, 3.05) is 0 Å². The third-order valence-corrected chi connectivity index (χ3v) is 3.18. The van der Waals surface area contributed by atoms with Crippen molar-refractivity contribution in [3.8, 4) is 5.75 Å². The molecule has 0 saturated heterocycles. The molecular weight excluding hydrogens is 249 g/mol. The average Bonchev–Trinajstić information content (AvgIpc) is 2.30. The molecular formula is C14H18FNO3. The van der Waals surface area contributed by atoms with Crippen LogP contribution in [0, 0.1) is 5.82 Å². The zero-order valence-corrected chi connectivity index (χ0v) is 11.0. The summed E-state index contributed by atoms with van der Waals surface area (Å²) in [5.41, 5.74) is -1.04. The molecule has 4 nitrogen and oxygen atoms in total. The van der Waals surface area contributed by atoms with Gasteiger partial charge in [0.2, 0.25) is 0 Å². The van der Waals surface area contributed by atoms with Crippen LogP contribution in [0.4, 0.5) is 4.39 Å². The molecule has 0 radical (unpaired) electrons. The fraction of sp³-hybridized carbons (Fsp3) is 0.500. The van der Waals surface area contributed by atoms with E-state index in [1.54, 1.807) is 13.8 Å². The van der Waals surface area contributed by atoms with E-state index in [0.717, 1.165) is 0 Å². The van der Waals surface area contributed by atoms with E-state index in [4.69, 9.17) is 4.74 Å². The summed E-state index contributed by atoms with van der Waals surface area (Å²) in [6.07, 6.45) is 0.850. The highest BCUT2D eigenvalue weighted by Gasteiger charge is 2.35. The quantitative estimate of drug-likeness (QED) is 0.871. The molecule has 1 aliphatic carbocycles. The minimum absolute atomic E-state index is 0.0126. The number of nitrogens with one attached hydrogen (secondary N) is 1. The minimum atomic E-state index is -1.04. The topological polar surface area (TPSA) is 58.6 Å². The van der Waals surface area contributed by atoms with Crippen LogP contribution in [-0.4, -0.2) is 28.8 Å². The van der Waals surface area contributed by atoms with E-state index >= 15 is 0 Å². The van der Waals surface area contributed by atoms with Gasteiger partial charge in [0.05, 0.1) is 6.10 Å². The first-order chi connectivity index (χ1) is 8.87. The van der Waals surface area contributed by atoms with Crippen LogP contribution in [0.1, 0.15) is 26.7 Å². The largest absolute Gasteiger partial charge is 0.478 e. The van der Waals surface area contributed by atoms with Gasteiger partial charge in [0.15, 0.2) is 5.60 Å². The van der Waals surface area contributed by atoms with Gasteiger partial charge < -0.3 is 15.2 Å². The molecule has 0 atom stereocenters. The van der Waals surface area contributed by atoms with Gasteiger partial charge in [-0.3, -0.25) is 4.79 Å². The van der Waals surface area contributed by atoms with Crippen LogP contribution in [0.5, 0.6) is 5.75 Å². The molecule has 1 saturated carbocycles. The highest BCUT2D eigenvalue weighted by molar-refractivity contribution is 5.85. The second-order valence-electron chi connectivity index (χ2n) is 5.36. The number of benzene rings is 1. The average molecular weight is 267 g/mol. The van der Waals surface area contributed by atoms with Gasteiger partial charge in [-0.05, 0) is 51.0 Å². The summed E-state index contributed by atoms with van der Waals surface area (Å²) in [5.74, 6) is -0.151. The van der Waals surface area contributed by atoms with Gasteiger partial charge in [0, 0.05) is 6.04 Å². The van der Waals surface area contributed by atoms with E-state index in [2.05, 4.69) is 5.32 Å². The molecule has 0 aliphatic heterocycles. The van der Waals surface area contributed by atoms with Gasteiger partial charge in [0.1, 0.15) is 11.6 Å². The third kappa shape index (κ3) is 3.44. The molecule has 1 aliphatic rings. The standard InChI is InChI=1S/C14H18FNO3/c1-14(2,13(18)16-10-7-11(17)8-10)19-12-5-3-9(15)4-6-12/h3-6,10-11,17H,7-8H2,1-2H3,(H,16,18). The lowest BCUT2D eigenvalue weighted by atomic mass is 9.89. The number of carbonyl (C=O) groups is 1. The van der Waals surface area contributed by atoms with E-state index in [-0.39, 0.29) is 23.9 Å². The van der Waals surface area contributed by atoms with Crippen molar-refractivity contribution >= 4 is 5.91 Å². The molecule has 2 rings (SSSR count). The third-order valence-electron chi connectivity index (χ3n) is 3.18. The highest BCUT2D eigenvalue weighted by Crippen LogP contribution is 2.22. The van der Waals surface area contributed by atoms with Crippen molar-refractivity contribution in [1.29, 1.82) is 0 Å². The molecule has 1 aromatic carbocycles. The summed E-state index contributed by atoms with van der Waals surface area (Å²) in [7, 11) is 0. The second kappa shape index (κ2) is 5.17. The first kappa shape index (κ1) is 13.8. The normalized spacial score (nSPS) is 22.5. The van der Waals surface area contributed by atoms with Crippen molar-refractivity contribution in [3.05, 3.63) is 30.1 Å². The molecule has 0 unspecified atom stereocenters. The van der Waals surface area contributed by atoms with Crippen molar-refractivity contribution in [1.82, 2.24) is 5.32 Å². The van der Waals surface area contributed by atoms with Crippen molar-refractivity contribution in [2.45, 2.75) is 44.4 Å². The Morgan fingerprint density at radius 2 is 1.95 bits per heavy atom. The molecule has 2 N–H and O–H groups in total. The molecule has 19 heavy (non-hydrogen) atoms. The lowest BCUT2D eigenvalue weighted by molar-refractivity contribution is -0.136. The van der Waals surface area contributed by atoms with Crippen LogP contribution in [0.2, 0.25) is 0 Å². The number of hydrogen-bond donors (Lipinski definition) is 2. The van der Waals surface area contributed by atoms with Crippen LogP contribution in [0.15, 0.2) is 24.3 Å². The van der Waals surface area contributed by atoms with E-state index < -0.39 is 5.60 Å². The van der Waals surface area contributed by atoms with Crippen molar-refractivity contribution in [3.63, 3.8) is 0 Å². The van der Waals surface area contributed by atoms with Crippen molar-refractivity contribution in [2.24, 2.45) is 0 Å². The zero-order valence-electron chi connectivity index (χ0n) is 11.0. The predicted molar refractivity (Wildman–Crippen MR) is 68.3 cm³/mol. The molecule has 1 amide bonds. The van der Waals surface area contributed by atoms with Gasteiger partial charge in [-0.1, -0.05) is 0 Å². The van der Waals surface area contributed by atoms with Gasteiger partial charge >= 0.3 is 0 Å². The molecule has 0 aromatic heterocycles. The molecule has 1 aromatic rings. The smallest absolute Gasteiger partial charge is 0.263 e. The predicted octanol–water partition coefficient (Wildman–Crippen LogP) is 1.62. The first-order valence-corrected chi connectivity index (χ1v) is 6.30. The molecule has 5 heteroatoms. The number of amides is 1. The Bertz CT molecular complexity index is 452. The SMILES string of the molecule is CC(C)(Oc1ccc(F)cc1)C(=O)NC1CC(O)C1. The number of rotatable bonds is 4. The van der Waals surface area contributed by atoms with Crippen LogP contribution in [-0.2, 0) is 4.79 Å². The molecule has 0 bridgehead atoms. The Balaban J connectivity index is 1.93. The molecule has 0 spiro atoms. The van der Waals surface area contributed by atoms with E-state index in [1.165, 1.54) is 24.3 Å². The lowest BCUT2D eigenvalue weighted by Gasteiger charge is -2.35. The fourth-order valence-corrected chi connectivity index (χ4v) is 1.91. The van der Waals surface area contributed by atoms with Crippen LogP contribution < -0.4 is 10.1 Å². The molecule has 1 fully saturated rings. The van der Waals surface area contributed by atoms with Gasteiger partial charge in [-0.2, -0.15) is 0 Å². The minimum Gasteiger partial charge on any atom is -0.478 e. The molecule has 104 valence electrons. The summed E-state index contributed by atoms with van der Waals surface area (Å²) in [4.78, 5) is 12.1. The molecule has 0 heterocycles. The summed E-state index contributed by atoms with van der Waals surface area (Å²) in [6.45, 7) is 3.31. The summed E-state index contributed by atoms with van der Waals surface area (Å²) in [6, 6.07) is 5.55. The lowest BCUT2D eigenvalue weighted by Crippen LogP contribution is -2.54. The summed E-state index contributed by atoms with van der Waals surface area (Å²) < 4.78 is 18.4.